The molecule has 4 heterocycles. The second-order valence-electron chi connectivity index (χ2n) is 9.07. The van der Waals surface area contributed by atoms with Gasteiger partial charge in [-0.25, -0.2) is 9.97 Å². The van der Waals surface area contributed by atoms with E-state index in [1.807, 2.05) is 30.3 Å². The van der Waals surface area contributed by atoms with E-state index in [2.05, 4.69) is 30.5 Å². The highest BCUT2D eigenvalue weighted by molar-refractivity contribution is 7.70. The van der Waals surface area contributed by atoms with E-state index in [9.17, 15) is 4.57 Å². The Labute approximate surface area is 203 Å². The van der Waals surface area contributed by atoms with Crippen LogP contribution in [0.1, 0.15) is 0 Å². The fourth-order valence-electron chi connectivity index (χ4n) is 4.26. The van der Waals surface area contributed by atoms with Crippen molar-refractivity contribution in [1.82, 2.24) is 15.0 Å². The maximum atomic E-state index is 12.7. The number of hydrogen-bond donors (Lipinski definition) is 2. The van der Waals surface area contributed by atoms with Gasteiger partial charge >= 0.3 is 0 Å². The van der Waals surface area contributed by atoms with Crippen molar-refractivity contribution in [3.63, 3.8) is 0 Å². The number of para-hydroxylation sites is 1. The van der Waals surface area contributed by atoms with Crippen LogP contribution in [0.5, 0.6) is 5.75 Å². The standard InChI is InChI=1S/C23H26ClN6O3P/c1-32-19-17(8-9-25-21(19)30-11-23(12-30)13-33-14-23)28-22-26-10-15(24)20(29-22)27-16-6-4-5-7-18(16)34(2,3)31/h4-10H,11-14H2,1-3H3,(H2,25,26,27,28,29). The molecule has 0 bridgehead atoms. The van der Waals surface area contributed by atoms with Crippen molar-refractivity contribution >= 4 is 53.0 Å². The van der Waals surface area contributed by atoms with Gasteiger partial charge in [0, 0.05) is 24.6 Å². The molecule has 2 fully saturated rings. The Morgan fingerprint density at radius 1 is 1.12 bits per heavy atom. The molecule has 2 N–H and O–H groups in total. The molecule has 11 heteroatoms. The summed E-state index contributed by atoms with van der Waals surface area (Å²) in [5.74, 6) is 2.13. The maximum Gasteiger partial charge on any atom is 0.229 e. The molecule has 2 aliphatic heterocycles. The number of rotatable bonds is 7. The molecule has 3 aromatic rings. The topological polar surface area (TPSA) is 102 Å². The van der Waals surface area contributed by atoms with Crippen molar-refractivity contribution in [2.24, 2.45) is 5.41 Å². The van der Waals surface area contributed by atoms with E-state index in [0.29, 0.717) is 33.9 Å². The molecule has 2 saturated heterocycles. The van der Waals surface area contributed by atoms with Crippen LogP contribution in [0.3, 0.4) is 0 Å². The molecule has 178 valence electrons. The predicted octanol–water partition coefficient (Wildman–Crippen LogP) is 4.11. The predicted molar refractivity (Wildman–Crippen MR) is 135 cm³/mol. The molecule has 0 radical (unpaired) electrons. The monoisotopic (exact) mass is 500 g/mol. The lowest BCUT2D eigenvalue weighted by atomic mass is 9.78. The lowest BCUT2D eigenvalue weighted by molar-refractivity contribution is -0.127. The minimum absolute atomic E-state index is 0.257. The number of hydrogen-bond acceptors (Lipinski definition) is 9. The molecule has 0 amide bonds. The Hall–Kier alpha value is -2.87. The number of halogens is 1. The summed E-state index contributed by atoms with van der Waals surface area (Å²) in [6, 6.07) is 9.24. The third kappa shape index (κ3) is 4.31. The Kier molecular flexibility index (Phi) is 5.88. The first-order valence-corrected chi connectivity index (χ1v) is 13.8. The molecule has 2 aliphatic rings. The second kappa shape index (κ2) is 8.73. The number of methoxy groups -OCH3 is 1. The number of pyridine rings is 1. The third-order valence-electron chi connectivity index (χ3n) is 5.99. The van der Waals surface area contributed by atoms with Crippen molar-refractivity contribution in [2.45, 2.75) is 0 Å². The SMILES string of the molecule is COc1c(Nc2ncc(Cl)c(Nc3ccccc3P(C)(C)=O)n2)ccnc1N1CC2(COC2)C1. The van der Waals surface area contributed by atoms with Gasteiger partial charge in [-0.05, 0) is 31.5 Å². The molecule has 0 unspecified atom stereocenters. The zero-order valence-corrected chi connectivity index (χ0v) is 20.9. The second-order valence-corrected chi connectivity index (χ2v) is 12.7. The first-order chi connectivity index (χ1) is 16.3. The van der Waals surface area contributed by atoms with E-state index in [4.69, 9.17) is 21.1 Å². The van der Waals surface area contributed by atoms with Gasteiger partial charge in [0.15, 0.2) is 17.4 Å². The van der Waals surface area contributed by atoms with E-state index in [0.717, 1.165) is 37.4 Å². The van der Waals surface area contributed by atoms with Crippen molar-refractivity contribution in [3.8, 4) is 5.75 Å². The summed E-state index contributed by atoms with van der Waals surface area (Å²) in [5.41, 5.74) is 1.64. The summed E-state index contributed by atoms with van der Waals surface area (Å²) in [4.78, 5) is 15.6. The van der Waals surface area contributed by atoms with Crippen LogP contribution in [0.15, 0.2) is 42.7 Å². The van der Waals surface area contributed by atoms with Gasteiger partial charge in [0.1, 0.15) is 12.2 Å². The normalized spacial score (nSPS) is 16.5. The molecule has 1 aromatic carbocycles. The summed E-state index contributed by atoms with van der Waals surface area (Å²) in [6.45, 7) is 6.84. The molecule has 0 atom stereocenters. The first-order valence-electron chi connectivity index (χ1n) is 10.8. The van der Waals surface area contributed by atoms with Crippen molar-refractivity contribution in [3.05, 3.63) is 47.7 Å². The van der Waals surface area contributed by atoms with E-state index in [-0.39, 0.29) is 5.41 Å². The number of ether oxygens (including phenoxy) is 2. The third-order valence-corrected chi connectivity index (χ3v) is 7.81. The van der Waals surface area contributed by atoms with Crippen LogP contribution in [0.2, 0.25) is 5.02 Å². The van der Waals surface area contributed by atoms with Crippen LogP contribution < -0.4 is 25.6 Å². The van der Waals surface area contributed by atoms with E-state index >= 15 is 0 Å². The number of anilines is 5. The zero-order valence-electron chi connectivity index (χ0n) is 19.2. The first kappa shape index (κ1) is 22.9. The van der Waals surface area contributed by atoms with Crippen LogP contribution in [-0.2, 0) is 9.30 Å². The molecular weight excluding hydrogens is 475 g/mol. The van der Waals surface area contributed by atoms with Crippen LogP contribution >= 0.6 is 18.7 Å². The molecule has 9 nitrogen and oxygen atoms in total. The number of benzene rings is 1. The Bertz CT molecular complexity index is 1270. The number of aromatic nitrogens is 3. The van der Waals surface area contributed by atoms with Gasteiger partial charge in [-0.1, -0.05) is 23.7 Å². The largest absolute Gasteiger partial charge is 0.491 e. The molecule has 34 heavy (non-hydrogen) atoms. The summed E-state index contributed by atoms with van der Waals surface area (Å²) >= 11 is 6.38. The number of nitrogens with one attached hydrogen (secondary N) is 2. The van der Waals surface area contributed by atoms with E-state index < -0.39 is 7.14 Å². The Balaban J connectivity index is 1.40. The van der Waals surface area contributed by atoms with Gasteiger partial charge in [-0.3, -0.25) is 0 Å². The average Bonchev–Trinajstić information content (AvgIpc) is 2.74. The van der Waals surface area contributed by atoms with Crippen LogP contribution in [0.25, 0.3) is 0 Å². The highest BCUT2D eigenvalue weighted by atomic mass is 35.5. The van der Waals surface area contributed by atoms with Gasteiger partial charge in [0.05, 0.1) is 43.3 Å². The van der Waals surface area contributed by atoms with Crippen molar-refractivity contribution in [2.75, 3.05) is 62.3 Å². The lowest BCUT2D eigenvalue weighted by Gasteiger charge is -2.55. The Morgan fingerprint density at radius 2 is 1.88 bits per heavy atom. The molecule has 5 rings (SSSR count). The highest BCUT2D eigenvalue weighted by Gasteiger charge is 2.50. The van der Waals surface area contributed by atoms with Crippen LogP contribution in [0, 0.1) is 5.41 Å². The van der Waals surface area contributed by atoms with Gasteiger partial charge in [-0.2, -0.15) is 4.98 Å². The molecule has 1 spiro atoms. The van der Waals surface area contributed by atoms with Gasteiger partial charge in [0.25, 0.3) is 0 Å². The Morgan fingerprint density at radius 3 is 2.56 bits per heavy atom. The zero-order chi connectivity index (χ0) is 23.9. The number of nitrogens with zero attached hydrogens (tertiary/aromatic N) is 4. The smallest absolute Gasteiger partial charge is 0.229 e. The highest BCUT2D eigenvalue weighted by Crippen LogP contribution is 2.44. The summed E-state index contributed by atoms with van der Waals surface area (Å²) in [7, 11) is -0.887. The summed E-state index contributed by atoms with van der Waals surface area (Å²) in [6.07, 6.45) is 3.25. The molecule has 0 saturated carbocycles. The van der Waals surface area contributed by atoms with E-state index in [1.165, 1.54) is 6.20 Å². The van der Waals surface area contributed by atoms with E-state index in [1.54, 1.807) is 26.6 Å². The van der Waals surface area contributed by atoms with Crippen LogP contribution in [-0.4, -0.2) is 61.7 Å². The molecular formula is C23H26ClN6O3P. The summed E-state index contributed by atoms with van der Waals surface area (Å²) in [5, 5.41) is 7.51. The molecule has 2 aromatic heterocycles. The average molecular weight is 501 g/mol. The lowest BCUT2D eigenvalue weighted by Crippen LogP contribution is -2.66. The van der Waals surface area contributed by atoms with Gasteiger partial charge in [-0.15, -0.1) is 0 Å². The van der Waals surface area contributed by atoms with Crippen LogP contribution in [0.4, 0.5) is 29.0 Å². The summed E-state index contributed by atoms with van der Waals surface area (Å²) < 4.78 is 23.8. The van der Waals surface area contributed by atoms with Gasteiger partial charge < -0.3 is 29.6 Å². The fraction of sp³-hybridized carbons (Fsp3) is 0.348. The van der Waals surface area contributed by atoms with Crippen molar-refractivity contribution < 1.29 is 14.0 Å². The molecule has 0 aliphatic carbocycles. The van der Waals surface area contributed by atoms with Crippen molar-refractivity contribution in [1.29, 1.82) is 0 Å². The maximum absolute atomic E-state index is 12.7. The minimum Gasteiger partial charge on any atom is -0.491 e. The quantitative estimate of drug-likeness (QED) is 0.464. The minimum atomic E-state index is -2.51. The fourth-order valence-corrected chi connectivity index (χ4v) is 5.55. The van der Waals surface area contributed by atoms with Gasteiger partial charge in [0.2, 0.25) is 5.95 Å².